The largest absolute Gasteiger partial charge is 0.452 e. The van der Waals surface area contributed by atoms with Gasteiger partial charge in [-0.25, -0.2) is 4.79 Å². The number of nitrogens with zero attached hydrogens (tertiary/aromatic N) is 1. The third-order valence-corrected chi connectivity index (χ3v) is 7.14. The minimum atomic E-state index is -0.744. The summed E-state index contributed by atoms with van der Waals surface area (Å²) >= 11 is 1.50. The van der Waals surface area contributed by atoms with Crippen LogP contribution in [0.3, 0.4) is 0 Å². The zero-order valence-electron chi connectivity index (χ0n) is 17.4. The Hall–Kier alpha value is -3.06. The Labute approximate surface area is 185 Å². The zero-order valence-corrected chi connectivity index (χ0v) is 18.2. The minimum Gasteiger partial charge on any atom is -0.452 e. The van der Waals surface area contributed by atoms with E-state index in [1.807, 2.05) is 50.2 Å². The first-order chi connectivity index (χ1) is 14.8. The van der Waals surface area contributed by atoms with Crippen LogP contribution in [0.15, 0.2) is 73.3 Å². The van der Waals surface area contributed by atoms with E-state index in [1.165, 1.54) is 16.7 Å². The SMILES string of the molecule is C=CC(OC(=O)[C@@H]1N2C(=O)[C@@H](NC(=O)c3ccccc3)[C@H]2SC1(C)C)c1ccccc1. The molecule has 0 saturated carbocycles. The first kappa shape index (κ1) is 21.2. The lowest BCUT2D eigenvalue weighted by molar-refractivity contribution is -0.165. The smallest absolute Gasteiger partial charge is 0.331 e. The molecule has 2 heterocycles. The van der Waals surface area contributed by atoms with Crippen LogP contribution in [0, 0.1) is 0 Å². The molecule has 4 rings (SSSR count). The van der Waals surface area contributed by atoms with Crippen molar-refractivity contribution in [1.82, 2.24) is 10.2 Å². The van der Waals surface area contributed by atoms with Gasteiger partial charge in [0.05, 0.1) is 0 Å². The minimum absolute atomic E-state index is 0.274. The van der Waals surface area contributed by atoms with Crippen molar-refractivity contribution in [3.8, 4) is 0 Å². The maximum Gasteiger partial charge on any atom is 0.331 e. The summed E-state index contributed by atoms with van der Waals surface area (Å²) in [6.45, 7) is 7.61. The fourth-order valence-electron chi connectivity index (χ4n) is 4.03. The number of hydrogen-bond acceptors (Lipinski definition) is 5. The summed E-state index contributed by atoms with van der Waals surface area (Å²) in [5.41, 5.74) is 1.30. The number of ether oxygens (including phenoxy) is 1. The lowest BCUT2D eigenvalue weighted by Gasteiger charge is -2.44. The predicted octanol–water partition coefficient (Wildman–Crippen LogP) is 3.32. The number of hydrogen-bond donors (Lipinski definition) is 1. The maximum absolute atomic E-state index is 13.1. The van der Waals surface area contributed by atoms with E-state index in [4.69, 9.17) is 4.74 Å². The van der Waals surface area contributed by atoms with Gasteiger partial charge in [-0.15, -0.1) is 11.8 Å². The van der Waals surface area contributed by atoms with Crippen LogP contribution in [0.4, 0.5) is 0 Å². The fourth-order valence-corrected chi connectivity index (χ4v) is 5.65. The average molecular weight is 437 g/mol. The summed E-state index contributed by atoms with van der Waals surface area (Å²) in [6, 6.07) is 16.7. The molecule has 2 fully saturated rings. The summed E-state index contributed by atoms with van der Waals surface area (Å²) < 4.78 is 5.18. The molecule has 2 aromatic carbocycles. The number of fused-ring (bicyclic) bond motifs is 1. The molecule has 2 amide bonds. The van der Waals surface area contributed by atoms with Crippen molar-refractivity contribution in [1.29, 1.82) is 0 Å². The maximum atomic E-state index is 13.1. The first-order valence-corrected chi connectivity index (χ1v) is 11.0. The molecule has 0 aliphatic carbocycles. The molecular weight excluding hydrogens is 412 g/mol. The number of amides is 2. The number of esters is 1. The van der Waals surface area contributed by atoms with Gasteiger partial charge in [0.2, 0.25) is 5.91 Å². The second-order valence-corrected chi connectivity index (χ2v) is 9.85. The predicted molar refractivity (Wildman–Crippen MR) is 119 cm³/mol. The zero-order chi connectivity index (χ0) is 22.2. The summed E-state index contributed by atoms with van der Waals surface area (Å²) in [6.07, 6.45) is 0.971. The monoisotopic (exact) mass is 436 g/mol. The average Bonchev–Trinajstić information content (AvgIpc) is 3.04. The summed E-state index contributed by atoms with van der Waals surface area (Å²) in [5, 5.41) is 2.50. The van der Waals surface area contributed by atoms with Crippen molar-refractivity contribution in [2.45, 2.75) is 42.2 Å². The number of benzene rings is 2. The molecule has 0 aromatic heterocycles. The number of carbonyl (C=O) groups excluding carboxylic acids is 3. The van der Waals surface area contributed by atoms with Crippen LogP contribution in [0.25, 0.3) is 0 Å². The Bertz CT molecular complexity index is 1010. The Morgan fingerprint density at radius 3 is 2.35 bits per heavy atom. The van der Waals surface area contributed by atoms with Gasteiger partial charge in [0.15, 0.2) is 0 Å². The molecule has 4 atom stereocenters. The van der Waals surface area contributed by atoms with E-state index in [-0.39, 0.29) is 17.2 Å². The van der Waals surface area contributed by atoms with Crippen molar-refractivity contribution in [3.05, 3.63) is 84.4 Å². The van der Waals surface area contributed by atoms with E-state index in [0.717, 1.165) is 5.56 Å². The quantitative estimate of drug-likeness (QED) is 0.427. The van der Waals surface area contributed by atoms with Crippen molar-refractivity contribution < 1.29 is 19.1 Å². The highest BCUT2D eigenvalue weighted by Gasteiger charge is 2.64. The van der Waals surface area contributed by atoms with Gasteiger partial charge in [0.25, 0.3) is 5.91 Å². The summed E-state index contributed by atoms with van der Waals surface area (Å²) in [7, 11) is 0. The molecule has 1 N–H and O–H groups in total. The highest BCUT2D eigenvalue weighted by atomic mass is 32.2. The lowest BCUT2D eigenvalue weighted by atomic mass is 9.95. The van der Waals surface area contributed by atoms with E-state index >= 15 is 0 Å². The molecule has 2 aromatic rings. The summed E-state index contributed by atoms with van der Waals surface area (Å²) in [5.74, 6) is -1.06. The van der Waals surface area contributed by atoms with Gasteiger partial charge in [0, 0.05) is 10.3 Å². The second kappa shape index (κ2) is 8.23. The molecule has 7 heteroatoms. The Morgan fingerprint density at radius 2 is 1.74 bits per heavy atom. The van der Waals surface area contributed by atoms with Gasteiger partial charge in [-0.2, -0.15) is 0 Å². The van der Waals surface area contributed by atoms with Crippen LogP contribution in [0.2, 0.25) is 0 Å². The van der Waals surface area contributed by atoms with Crippen LogP contribution in [-0.2, 0) is 14.3 Å². The van der Waals surface area contributed by atoms with Crippen molar-refractivity contribution >= 4 is 29.5 Å². The molecule has 6 nitrogen and oxygen atoms in total. The van der Waals surface area contributed by atoms with Crippen molar-refractivity contribution in [2.75, 3.05) is 0 Å². The molecule has 2 aliphatic heterocycles. The number of thioether (sulfide) groups is 1. The normalized spacial score (nSPS) is 24.5. The topological polar surface area (TPSA) is 75.7 Å². The van der Waals surface area contributed by atoms with Crippen molar-refractivity contribution in [2.24, 2.45) is 0 Å². The van der Waals surface area contributed by atoms with Crippen LogP contribution in [-0.4, -0.2) is 44.9 Å². The van der Waals surface area contributed by atoms with Crippen LogP contribution < -0.4 is 5.32 Å². The number of nitrogens with one attached hydrogen (secondary N) is 1. The number of rotatable bonds is 6. The van der Waals surface area contributed by atoms with Crippen LogP contribution in [0.1, 0.15) is 35.9 Å². The van der Waals surface area contributed by atoms with Gasteiger partial charge in [-0.3, -0.25) is 9.59 Å². The highest BCUT2D eigenvalue weighted by molar-refractivity contribution is 8.01. The molecule has 31 heavy (non-hydrogen) atoms. The molecular formula is C24H24N2O4S. The van der Waals surface area contributed by atoms with Crippen molar-refractivity contribution in [3.63, 3.8) is 0 Å². The first-order valence-electron chi connectivity index (χ1n) is 10.1. The van der Waals surface area contributed by atoms with Crippen LogP contribution >= 0.6 is 11.8 Å². The van der Waals surface area contributed by atoms with Gasteiger partial charge in [-0.05, 0) is 37.6 Å². The van der Waals surface area contributed by atoms with Gasteiger partial charge in [-0.1, -0.05) is 55.1 Å². The molecule has 0 spiro atoms. The fraction of sp³-hybridized carbons (Fsp3) is 0.292. The van der Waals surface area contributed by atoms with E-state index in [9.17, 15) is 14.4 Å². The van der Waals surface area contributed by atoms with E-state index in [1.54, 1.807) is 30.3 Å². The Morgan fingerprint density at radius 1 is 1.13 bits per heavy atom. The standard InChI is InChI=1S/C24H24N2O4S/c1-4-17(15-11-7-5-8-12-15)30-23(29)19-24(2,3)31-22-18(21(28)26(19)22)25-20(27)16-13-9-6-10-14-16/h4-14,17-19,22H,1H2,2-3H3,(H,25,27)/t17?,18-,19+,22-/m1/s1. The van der Waals surface area contributed by atoms with Gasteiger partial charge < -0.3 is 15.0 Å². The molecule has 0 radical (unpaired) electrons. The Balaban J connectivity index is 1.48. The van der Waals surface area contributed by atoms with E-state index in [0.29, 0.717) is 5.56 Å². The highest BCUT2D eigenvalue weighted by Crippen LogP contribution is 2.51. The van der Waals surface area contributed by atoms with Gasteiger partial charge in [0.1, 0.15) is 23.6 Å². The summed E-state index contributed by atoms with van der Waals surface area (Å²) in [4.78, 5) is 40.1. The molecule has 1 unspecified atom stereocenters. The molecule has 2 aliphatic rings. The number of carbonyl (C=O) groups is 3. The second-order valence-electron chi connectivity index (χ2n) is 8.08. The van der Waals surface area contributed by atoms with E-state index < -0.39 is 28.9 Å². The molecule has 0 bridgehead atoms. The van der Waals surface area contributed by atoms with Gasteiger partial charge >= 0.3 is 5.97 Å². The number of β-lactam (4-membered cyclic amide) rings is 1. The van der Waals surface area contributed by atoms with Crippen LogP contribution in [0.5, 0.6) is 0 Å². The lowest BCUT2D eigenvalue weighted by Crippen LogP contribution is -2.70. The third kappa shape index (κ3) is 3.85. The van der Waals surface area contributed by atoms with E-state index in [2.05, 4.69) is 11.9 Å². The Kier molecular flexibility index (Phi) is 5.62. The third-order valence-electron chi connectivity index (χ3n) is 5.57. The molecule has 2 saturated heterocycles. The molecule has 160 valence electrons.